The van der Waals surface area contributed by atoms with Gasteiger partial charge in [-0.1, -0.05) is 35.9 Å². The summed E-state index contributed by atoms with van der Waals surface area (Å²) in [7, 11) is 0. The van der Waals surface area contributed by atoms with Gasteiger partial charge in [-0.25, -0.2) is 0 Å². The zero-order valence-electron chi connectivity index (χ0n) is 16.3. The van der Waals surface area contributed by atoms with Crippen LogP contribution in [0.5, 0.6) is 0 Å². The molecule has 0 bridgehead atoms. The van der Waals surface area contributed by atoms with E-state index in [-0.39, 0.29) is 23.9 Å². The van der Waals surface area contributed by atoms with Gasteiger partial charge in [-0.05, 0) is 43.9 Å². The summed E-state index contributed by atoms with van der Waals surface area (Å²) in [5, 5.41) is 2.50. The number of esters is 1. The average Bonchev–Trinajstić information content (AvgIpc) is 2.98. The van der Waals surface area contributed by atoms with Gasteiger partial charge in [0.15, 0.2) is 12.4 Å². The fraction of sp³-hybridized carbons (Fsp3) is 0.227. The number of Topliss-reactive ketones (excluding diaryl/α,β-unsaturated/α-hetero) is 2. The van der Waals surface area contributed by atoms with Crippen LogP contribution < -0.4 is 0 Å². The number of carbonyl (C=O) groups is 3. The number of ketones is 2. The first-order valence-corrected chi connectivity index (χ1v) is 10.3. The van der Waals surface area contributed by atoms with Crippen molar-refractivity contribution in [2.45, 2.75) is 25.7 Å². The maximum Gasteiger partial charge on any atom is 0.316 e. The number of benzene rings is 2. The molecule has 0 aliphatic heterocycles. The van der Waals surface area contributed by atoms with Crippen molar-refractivity contribution in [2.24, 2.45) is 0 Å². The lowest BCUT2D eigenvalue weighted by Crippen LogP contribution is -2.16. The summed E-state index contributed by atoms with van der Waals surface area (Å²) < 4.78 is 5.14. The van der Waals surface area contributed by atoms with Gasteiger partial charge in [-0.2, -0.15) is 0 Å². The molecule has 1 heterocycles. The van der Waals surface area contributed by atoms with Gasteiger partial charge in [-0.15, -0.1) is 11.8 Å². The van der Waals surface area contributed by atoms with Crippen molar-refractivity contribution in [1.82, 2.24) is 4.98 Å². The molecule has 0 aliphatic rings. The van der Waals surface area contributed by atoms with E-state index < -0.39 is 5.97 Å². The first kappa shape index (κ1) is 21.1. The van der Waals surface area contributed by atoms with Crippen molar-refractivity contribution >= 4 is 51.7 Å². The third-order valence-corrected chi connectivity index (χ3v) is 5.94. The topological polar surface area (TPSA) is 76.2 Å². The monoisotopic (exact) mass is 429 g/mol. The van der Waals surface area contributed by atoms with E-state index in [2.05, 4.69) is 4.98 Å². The van der Waals surface area contributed by atoms with E-state index in [1.54, 1.807) is 19.9 Å². The zero-order valence-corrected chi connectivity index (χ0v) is 17.9. The van der Waals surface area contributed by atoms with Gasteiger partial charge in [0.25, 0.3) is 0 Å². The van der Waals surface area contributed by atoms with Crippen LogP contribution in [0.4, 0.5) is 0 Å². The maximum atomic E-state index is 12.4. The molecule has 29 heavy (non-hydrogen) atoms. The number of hydrogen-bond acceptors (Lipinski definition) is 5. The summed E-state index contributed by atoms with van der Waals surface area (Å²) >= 11 is 7.61. The molecule has 1 aromatic heterocycles. The van der Waals surface area contributed by atoms with Gasteiger partial charge in [0, 0.05) is 26.6 Å². The maximum absolute atomic E-state index is 12.4. The number of H-pyrrole nitrogens is 1. The SMILES string of the molecule is CC(=O)c1c(C)[nH]c(C(=O)COC(=O)CSc2cccc3cccc(Cl)c23)c1C. The standard InChI is InChI=1S/C22H20ClNO4S/c1-12-20(14(3)25)13(2)24-22(12)17(26)10-28-19(27)11-29-18-9-5-7-15-6-4-8-16(23)21(15)18/h4-9,24H,10-11H2,1-3H3. The molecule has 0 atom stereocenters. The summed E-state index contributed by atoms with van der Waals surface area (Å²) in [5.41, 5.74) is 2.01. The first-order chi connectivity index (χ1) is 13.8. The number of nitrogens with one attached hydrogen (secondary N) is 1. The van der Waals surface area contributed by atoms with E-state index in [1.165, 1.54) is 18.7 Å². The van der Waals surface area contributed by atoms with Gasteiger partial charge < -0.3 is 9.72 Å². The molecule has 2 aromatic carbocycles. The minimum atomic E-state index is -0.500. The highest BCUT2D eigenvalue weighted by atomic mass is 35.5. The van der Waals surface area contributed by atoms with Gasteiger partial charge in [0.1, 0.15) is 0 Å². The number of ether oxygens (including phenoxy) is 1. The minimum absolute atomic E-state index is 0.0546. The number of halogens is 1. The van der Waals surface area contributed by atoms with Crippen molar-refractivity contribution in [1.29, 1.82) is 0 Å². The second-order valence-electron chi connectivity index (χ2n) is 6.65. The molecule has 0 saturated carbocycles. The van der Waals surface area contributed by atoms with E-state index in [4.69, 9.17) is 16.3 Å². The Balaban J connectivity index is 1.62. The van der Waals surface area contributed by atoms with E-state index in [9.17, 15) is 14.4 Å². The van der Waals surface area contributed by atoms with Crippen molar-refractivity contribution < 1.29 is 19.1 Å². The van der Waals surface area contributed by atoms with E-state index in [0.717, 1.165) is 15.7 Å². The number of fused-ring (bicyclic) bond motifs is 1. The predicted molar refractivity (Wildman–Crippen MR) is 115 cm³/mol. The highest BCUT2D eigenvalue weighted by molar-refractivity contribution is 8.00. The van der Waals surface area contributed by atoms with Crippen molar-refractivity contribution in [3.05, 3.63) is 63.9 Å². The summed E-state index contributed by atoms with van der Waals surface area (Å²) in [4.78, 5) is 40.0. The third-order valence-electron chi connectivity index (χ3n) is 4.59. The van der Waals surface area contributed by atoms with E-state index in [1.807, 2.05) is 30.3 Å². The molecule has 0 spiro atoms. The molecule has 0 saturated heterocycles. The number of thioether (sulfide) groups is 1. The predicted octanol–water partition coefficient (Wildman–Crippen LogP) is 5.16. The van der Waals surface area contributed by atoms with Crippen LogP contribution in [-0.2, 0) is 9.53 Å². The molecule has 3 rings (SSSR count). The lowest BCUT2D eigenvalue weighted by molar-refractivity contribution is -0.139. The zero-order chi connectivity index (χ0) is 21.1. The van der Waals surface area contributed by atoms with Crippen LogP contribution >= 0.6 is 23.4 Å². The Morgan fingerprint density at radius 3 is 2.45 bits per heavy atom. The highest BCUT2D eigenvalue weighted by Gasteiger charge is 2.20. The number of rotatable bonds is 7. The van der Waals surface area contributed by atoms with Crippen LogP contribution in [0.1, 0.15) is 39.0 Å². The molecule has 0 radical (unpaired) electrons. The van der Waals surface area contributed by atoms with Crippen molar-refractivity contribution in [3.63, 3.8) is 0 Å². The average molecular weight is 430 g/mol. The second-order valence-corrected chi connectivity index (χ2v) is 8.07. The van der Waals surface area contributed by atoms with Crippen LogP contribution in [0.15, 0.2) is 41.3 Å². The molecule has 1 N–H and O–H groups in total. The number of carbonyl (C=O) groups excluding carboxylic acids is 3. The second kappa shape index (κ2) is 8.84. The first-order valence-electron chi connectivity index (χ1n) is 8.98. The fourth-order valence-electron chi connectivity index (χ4n) is 3.34. The summed E-state index contributed by atoms with van der Waals surface area (Å²) in [6, 6.07) is 11.4. The largest absolute Gasteiger partial charge is 0.457 e. The Hall–Kier alpha value is -2.57. The number of aromatic nitrogens is 1. The molecule has 0 aliphatic carbocycles. The van der Waals surface area contributed by atoms with Crippen LogP contribution in [0.3, 0.4) is 0 Å². The Morgan fingerprint density at radius 2 is 1.79 bits per heavy atom. The quantitative estimate of drug-likeness (QED) is 0.319. The summed E-state index contributed by atoms with van der Waals surface area (Å²) in [6.07, 6.45) is 0. The van der Waals surface area contributed by atoms with Gasteiger partial charge in [0.2, 0.25) is 5.78 Å². The minimum Gasteiger partial charge on any atom is -0.457 e. The summed E-state index contributed by atoms with van der Waals surface area (Å²) in [5.74, 6) is -0.929. The van der Waals surface area contributed by atoms with Gasteiger partial charge in [0.05, 0.1) is 11.4 Å². The molecule has 150 valence electrons. The highest BCUT2D eigenvalue weighted by Crippen LogP contribution is 2.33. The molecular weight excluding hydrogens is 410 g/mol. The van der Waals surface area contributed by atoms with Crippen LogP contribution in [0.25, 0.3) is 10.8 Å². The van der Waals surface area contributed by atoms with E-state index >= 15 is 0 Å². The Morgan fingerprint density at radius 1 is 1.10 bits per heavy atom. The Kier molecular flexibility index (Phi) is 6.45. The summed E-state index contributed by atoms with van der Waals surface area (Å²) in [6.45, 7) is 4.51. The molecule has 0 unspecified atom stereocenters. The molecule has 0 amide bonds. The van der Waals surface area contributed by atoms with Crippen LogP contribution in [-0.4, -0.2) is 34.9 Å². The molecule has 5 nitrogen and oxygen atoms in total. The molecule has 3 aromatic rings. The van der Waals surface area contributed by atoms with Gasteiger partial charge >= 0.3 is 5.97 Å². The normalized spacial score (nSPS) is 10.9. The van der Waals surface area contributed by atoms with Crippen LogP contribution in [0.2, 0.25) is 5.02 Å². The lowest BCUT2D eigenvalue weighted by Gasteiger charge is -2.08. The number of hydrogen-bond donors (Lipinski definition) is 1. The van der Waals surface area contributed by atoms with E-state index in [0.29, 0.717) is 27.5 Å². The molecule has 7 heteroatoms. The van der Waals surface area contributed by atoms with Gasteiger partial charge in [-0.3, -0.25) is 14.4 Å². The molecule has 0 fully saturated rings. The molecular formula is C22H20ClNO4S. The van der Waals surface area contributed by atoms with Crippen molar-refractivity contribution in [3.8, 4) is 0 Å². The van der Waals surface area contributed by atoms with Crippen molar-refractivity contribution in [2.75, 3.05) is 12.4 Å². The number of aryl methyl sites for hydroxylation is 1. The Bertz CT molecular complexity index is 1110. The third kappa shape index (κ3) is 4.54. The Labute approximate surface area is 177 Å². The van der Waals surface area contributed by atoms with Crippen LogP contribution in [0, 0.1) is 13.8 Å². The fourth-order valence-corrected chi connectivity index (χ4v) is 4.58. The lowest BCUT2D eigenvalue weighted by atomic mass is 10.1. The number of aromatic amines is 1. The smallest absolute Gasteiger partial charge is 0.316 e.